The lowest BCUT2D eigenvalue weighted by Gasteiger charge is -2.17. The SMILES string of the molecule is COc1ccc(Nc2nc(-c3ccc4c(c3)CC(=O)CO4)cn3ccnc23)cc1OC. The number of nitrogens with zero attached hydrogens (tertiary/aromatic N) is 3. The van der Waals surface area contributed by atoms with Crippen LogP contribution in [0.15, 0.2) is 55.0 Å². The summed E-state index contributed by atoms with van der Waals surface area (Å²) in [6.45, 7) is 0.130. The van der Waals surface area contributed by atoms with Gasteiger partial charge >= 0.3 is 0 Å². The predicted octanol–water partition coefficient (Wildman–Crippen LogP) is 3.66. The molecule has 8 nitrogen and oxygen atoms in total. The predicted molar refractivity (Wildman–Crippen MR) is 115 cm³/mol. The van der Waals surface area contributed by atoms with Gasteiger partial charge in [0.1, 0.15) is 12.4 Å². The number of carbonyl (C=O) groups is 1. The van der Waals surface area contributed by atoms with E-state index in [9.17, 15) is 4.79 Å². The van der Waals surface area contributed by atoms with Gasteiger partial charge in [0, 0.05) is 47.9 Å². The van der Waals surface area contributed by atoms with Crippen LogP contribution in [0.4, 0.5) is 11.5 Å². The van der Waals surface area contributed by atoms with Crippen LogP contribution in [-0.2, 0) is 11.2 Å². The largest absolute Gasteiger partial charge is 0.493 e. The summed E-state index contributed by atoms with van der Waals surface area (Å²) in [6.07, 6.45) is 5.87. The Labute approximate surface area is 178 Å². The summed E-state index contributed by atoms with van der Waals surface area (Å²) in [6, 6.07) is 11.3. The smallest absolute Gasteiger partial charge is 0.180 e. The number of hydrogen-bond donors (Lipinski definition) is 1. The van der Waals surface area contributed by atoms with Crippen molar-refractivity contribution in [1.29, 1.82) is 0 Å². The third-order valence-electron chi connectivity index (χ3n) is 5.15. The third kappa shape index (κ3) is 3.52. The van der Waals surface area contributed by atoms with Gasteiger partial charge < -0.3 is 23.9 Å². The highest BCUT2D eigenvalue weighted by atomic mass is 16.5. The lowest BCUT2D eigenvalue weighted by molar-refractivity contribution is -0.121. The lowest BCUT2D eigenvalue weighted by Crippen LogP contribution is -2.20. The number of methoxy groups -OCH3 is 2. The zero-order valence-electron chi connectivity index (χ0n) is 17.1. The molecule has 1 aliphatic rings. The summed E-state index contributed by atoms with van der Waals surface area (Å²) in [5.74, 6) is 2.67. The minimum Gasteiger partial charge on any atom is -0.493 e. The van der Waals surface area contributed by atoms with Crippen LogP contribution in [0.5, 0.6) is 17.2 Å². The standard InChI is InChI=1S/C23H20N4O4/c1-29-20-6-4-16(11-21(20)30-2)25-22-23-24-7-8-27(23)12-18(26-22)14-3-5-19-15(9-14)10-17(28)13-31-19/h3-9,11-12H,10,13H2,1-2H3,(H,25,26). The Bertz CT molecular complexity index is 1300. The van der Waals surface area contributed by atoms with E-state index >= 15 is 0 Å². The Kier molecular flexibility index (Phi) is 4.66. The zero-order chi connectivity index (χ0) is 21.4. The molecule has 0 saturated carbocycles. The van der Waals surface area contributed by atoms with E-state index in [0.29, 0.717) is 29.4 Å². The second kappa shape index (κ2) is 7.64. The van der Waals surface area contributed by atoms with Gasteiger partial charge in [-0.1, -0.05) is 0 Å². The maximum Gasteiger partial charge on any atom is 0.180 e. The molecule has 0 atom stereocenters. The first kappa shape index (κ1) is 18.9. The molecule has 4 aromatic rings. The maximum atomic E-state index is 11.8. The van der Waals surface area contributed by atoms with Crippen LogP contribution in [0.25, 0.3) is 16.9 Å². The Morgan fingerprint density at radius 1 is 1.10 bits per heavy atom. The number of Topliss-reactive ketones (excluding diaryl/α,β-unsaturated/α-hetero) is 1. The molecule has 0 saturated heterocycles. The van der Waals surface area contributed by atoms with Crippen molar-refractivity contribution < 1.29 is 19.0 Å². The first-order valence-corrected chi connectivity index (χ1v) is 9.75. The summed E-state index contributed by atoms with van der Waals surface area (Å²) >= 11 is 0. The van der Waals surface area contributed by atoms with E-state index in [1.807, 2.05) is 53.2 Å². The number of anilines is 2. The summed E-state index contributed by atoms with van der Waals surface area (Å²) in [4.78, 5) is 21.0. The molecular formula is C23H20N4O4. The fourth-order valence-electron chi connectivity index (χ4n) is 3.64. The van der Waals surface area contributed by atoms with Crippen molar-refractivity contribution >= 4 is 22.9 Å². The quantitative estimate of drug-likeness (QED) is 0.531. The number of carbonyl (C=O) groups excluding carboxylic acids is 1. The molecule has 5 rings (SSSR count). The highest BCUT2D eigenvalue weighted by Gasteiger charge is 2.18. The molecule has 0 aliphatic carbocycles. The van der Waals surface area contributed by atoms with Gasteiger partial charge in [-0.2, -0.15) is 0 Å². The molecule has 1 N–H and O–H groups in total. The normalized spacial score (nSPS) is 12.9. The number of hydrogen-bond acceptors (Lipinski definition) is 7. The third-order valence-corrected chi connectivity index (χ3v) is 5.15. The van der Waals surface area contributed by atoms with Crippen LogP contribution in [0, 0.1) is 0 Å². The molecule has 156 valence electrons. The summed E-state index contributed by atoms with van der Waals surface area (Å²) in [7, 11) is 3.19. The number of aromatic nitrogens is 3. The Hall–Kier alpha value is -4.07. The summed E-state index contributed by atoms with van der Waals surface area (Å²) in [5, 5.41) is 3.33. The number of nitrogens with one attached hydrogen (secondary N) is 1. The van der Waals surface area contributed by atoms with Gasteiger partial charge in [0.15, 0.2) is 28.7 Å². The van der Waals surface area contributed by atoms with Crippen molar-refractivity contribution in [2.24, 2.45) is 0 Å². The zero-order valence-corrected chi connectivity index (χ0v) is 17.1. The highest BCUT2D eigenvalue weighted by Crippen LogP contribution is 2.33. The van der Waals surface area contributed by atoms with Crippen molar-refractivity contribution in [1.82, 2.24) is 14.4 Å². The van der Waals surface area contributed by atoms with Gasteiger partial charge in [-0.15, -0.1) is 0 Å². The van der Waals surface area contributed by atoms with Crippen molar-refractivity contribution in [3.8, 4) is 28.5 Å². The van der Waals surface area contributed by atoms with Gasteiger partial charge in [0.25, 0.3) is 0 Å². The number of fused-ring (bicyclic) bond motifs is 2. The second-order valence-corrected chi connectivity index (χ2v) is 7.15. The average molecular weight is 416 g/mol. The lowest BCUT2D eigenvalue weighted by atomic mass is 10.0. The molecule has 0 bridgehead atoms. The minimum atomic E-state index is 0.0680. The van der Waals surface area contributed by atoms with Crippen molar-refractivity contribution in [3.63, 3.8) is 0 Å². The van der Waals surface area contributed by atoms with Crippen LogP contribution in [0.1, 0.15) is 5.56 Å². The molecule has 0 fully saturated rings. The topological polar surface area (TPSA) is 87.0 Å². The fourth-order valence-corrected chi connectivity index (χ4v) is 3.64. The van der Waals surface area contributed by atoms with Crippen molar-refractivity contribution in [2.45, 2.75) is 6.42 Å². The maximum absolute atomic E-state index is 11.8. The van der Waals surface area contributed by atoms with E-state index in [4.69, 9.17) is 19.2 Å². The van der Waals surface area contributed by atoms with Gasteiger partial charge in [0.2, 0.25) is 0 Å². The van der Waals surface area contributed by atoms with Crippen LogP contribution in [0.2, 0.25) is 0 Å². The number of imidazole rings is 1. The van der Waals surface area contributed by atoms with Gasteiger partial charge in [-0.05, 0) is 30.3 Å². The van der Waals surface area contributed by atoms with Crippen LogP contribution >= 0.6 is 0 Å². The van der Waals surface area contributed by atoms with Gasteiger partial charge in [-0.25, -0.2) is 9.97 Å². The van der Waals surface area contributed by atoms with E-state index in [2.05, 4.69) is 10.3 Å². The first-order valence-electron chi connectivity index (χ1n) is 9.75. The molecular weight excluding hydrogens is 396 g/mol. The number of ketones is 1. The molecule has 0 radical (unpaired) electrons. The van der Waals surface area contributed by atoms with E-state index in [1.165, 1.54) is 0 Å². The molecule has 3 heterocycles. The summed E-state index contributed by atoms with van der Waals surface area (Å²) in [5.41, 5.74) is 3.99. The highest BCUT2D eigenvalue weighted by molar-refractivity contribution is 5.85. The minimum absolute atomic E-state index is 0.0680. The van der Waals surface area contributed by atoms with E-state index in [-0.39, 0.29) is 12.4 Å². The monoisotopic (exact) mass is 416 g/mol. The number of rotatable bonds is 5. The van der Waals surface area contributed by atoms with Crippen LogP contribution in [0.3, 0.4) is 0 Å². The molecule has 0 amide bonds. The fraction of sp³-hybridized carbons (Fsp3) is 0.174. The molecule has 0 unspecified atom stereocenters. The van der Waals surface area contributed by atoms with E-state index in [1.54, 1.807) is 20.4 Å². The molecule has 1 aliphatic heterocycles. The number of benzene rings is 2. The van der Waals surface area contributed by atoms with Crippen molar-refractivity contribution in [2.75, 3.05) is 26.1 Å². The Balaban J connectivity index is 1.55. The molecule has 31 heavy (non-hydrogen) atoms. The van der Waals surface area contributed by atoms with Crippen LogP contribution in [-0.4, -0.2) is 41.0 Å². The average Bonchev–Trinajstić information content (AvgIpc) is 3.27. The van der Waals surface area contributed by atoms with Gasteiger partial charge in [-0.3, -0.25) is 4.79 Å². The van der Waals surface area contributed by atoms with E-state index < -0.39 is 0 Å². The molecule has 8 heteroatoms. The van der Waals surface area contributed by atoms with Gasteiger partial charge in [0.05, 0.1) is 19.9 Å². The molecule has 2 aromatic carbocycles. The molecule has 0 spiro atoms. The summed E-state index contributed by atoms with van der Waals surface area (Å²) < 4.78 is 18.1. The Morgan fingerprint density at radius 3 is 2.81 bits per heavy atom. The Morgan fingerprint density at radius 2 is 1.97 bits per heavy atom. The van der Waals surface area contributed by atoms with E-state index in [0.717, 1.165) is 28.3 Å². The second-order valence-electron chi connectivity index (χ2n) is 7.15. The molecule has 2 aromatic heterocycles. The van der Waals surface area contributed by atoms with Crippen LogP contribution < -0.4 is 19.5 Å². The first-order chi connectivity index (χ1) is 15.1. The number of ether oxygens (including phenoxy) is 3. The van der Waals surface area contributed by atoms with Crippen molar-refractivity contribution in [3.05, 3.63) is 60.6 Å².